The van der Waals surface area contributed by atoms with Gasteiger partial charge in [-0.2, -0.15) is 0 Å². The van der Waals surface area contributed by atoms with Crippen LogP contribution in [0.4, 0.5) is 4.39 Å². The maximum absolute atomic E-state index is 13.1. The van der Waals surface area contributed by atoms with E-state index in [1.54, 1.807) is 0 Å². The molecule has 1 aliphatic rings. The molecule has 6 heteroatoms. The number of aliphatic hydroxyl groups excluding tert-OH is 3. The van der Waals surface area contributed by atoms with Crippen LogP contribution in [0.3, 0.4) is 0 Å². The molecule has 0 aromatic heterocycles. The molecule has 5 atom stereocenters. The van der Waals surface area contributed by atoms with Crippen molar-refractivity contribution in [1.82, 2.24) is 0 Å². The summed E-state index contributed by atoms with van der Waals surface area (Å²) >= 11 is 0. The van der Waals surface area contributed by atoms with E-state index >= 15 is 0 Å². The van der Waals surface area contributed by atoms with Crippen molar-refractivity contribution in [2.45, 2.75) is 30.8 Å². The molecule has 0 aromatic rings. The third-order valence-corrected chi connectivity index (χ3v) is 2.03. The van der Waals surface area contributed by atoms with E-state index in [4.69, 9.17) is 14.9 Å². The SMILES string of the molecule is CO[C@@H]1O[C@H](CO)[C@H]([18F])[C@H](O)[C@H]1O. The van der Waals surface area contributed by atoms with Gasteiger partial charge in [0.15, 0.2) is 12.5 Å². The van der Waals surface area contributed by atoms with Crippen LogP contribution in [0, 0.1) is 0 Å². The molecule has 0 unspecified atom stereocenters. The summed E-state index contributed by atoms with van der Waals surface area (Å²) in [6, 6.07) is 0. The third kappa shape index (κ3) is 1.97. The fourth-order valence-electron chi connectivity index (χ4n) is 1.24. The van der Waals surface area contributed by atoms with Crippen molar-refractivity contribution >= 4 is 0 Å². The lowest BCUT2D eigenvalue weighted by Gasteiger charge is -2.37. The standard InChI is InChI=1S/C7H13FO5/c1-12-7-6(11)5(10)4(8)3(2-9)13-7/h3-7,9-11H,2H2,1H3/t3-,4+,5+,6-,7-/m1/s1/i8-1. The Labute approximate surface area is 74.7 Å². The van der Waals surface area contributed by atoms with Crippen molar-refractivity contribution < 1.29 is 29.2 Å². The van der Waals surface area contributed by atoms with Gasteiger partial charge in [0.1, 0.15) is 18.3 Å². The van der Waals surface area contributed by atoms with Gasteiger partial charge in [-0.25, -0.2) is 4.39 Å². The van der Waals surface area contributed by atoms with Crippen LogP contribution in [-0.4, -0.2) is 59.8 Å². The molecule has 78 valence electrons. The Morgan fingerprint density at radius 2 is 2.00 bits per heavy atom. The van der Waals surface area contributed by atoms with Gasteiger partial charge in [0, 0.05) is 7.11 Å². The highest BCUT2D eigenvalue weighted by molar-refractivity contribution is 4.88. The van der Waals surface area contributed by atoms with Gasteiger partial charge >= 0.3 is 0 Å². The Balaban J connectivity index is 2.66. The van der Waals surface area contributed by atoms with Gasteiger partial charge < -0.3 is 24.8 Å². The Hall–Kier alpha value is -0.270. The number of aliphatic hydroxyl groups is 3. The summed E-state index contributed by atoms with van der Waals surface area (Å²) < 4.78 is 22.5. The van der Waals surface area contributed by atoms with E-state index in [0.29, 0.717) is 0 Å². The van der Waals surface area contributed by atoms with Crippen LogP contribution in [0.25, 0.3) is 0 Å². The number of alkyl halides is 1. The summed E-state index contributed by atoms with van der Waals surface area (Å²) in [6.07, 6.45) is -7.06. The van der Waals surface area contributed by atoms with Crippen LogP contribution in [0.2, 0.25) is 0 Å². The maximum atomic E-state index is 13.1. The molecule has 1 saturated heterocycles. The van der Waals surface area contributed by atoms with Crippen molar-refractivity contribution in [2.75, 3.05) is 13.7 Å². The molecule has 1 fully saturated rings. The Kier molecular flexibility index (Phi) is 3.57. The second-order valence-corrected chi connectivity index (χ2v) is 2.89. The van der Waals surface area contributed by atoms with E-state index in [1.807, 2.05) is 0 Å². The molecule has 1 aliphatic heterocycles. The number of hydrogen-bond donors (Lipinski definition) is 3. The van der Waals surface area contributed by atoms with Gasteiger partial charge in [0.25, 0.3) is 0 Å². The highest BCUT2D eigenvalue weighted by Crippen LogP contribution is 2.23. The maximum Gasteiger partial charge on any atom is 0.186 e. The first-order valence-corrected chi connectivity index (χ1v) is 3.91. The van der Waals surface area contributed by atoms with Gasteiger partial charge in [-0.1, -0.05) is 0 Å². The summed E-state index contributed by atoms with van der Waals surface area (Å²) in [5.41, 5.74) is 0. The fourth-order valence-corrected chi connectivity index (χ4v) is 1.24. The molecule has 3 N–H and O–H groups in total. The van der Waals surface area contributed by atoms with E-state index in [9.17, 15) is 9.50 Å². The molecule has 0 amide bonds. The highest BCUT2D eigenvalue weighted by Gasteiger charge is 2.44. The first-order chi connectivity index (χ1) is 6.11. The summed E-state index contributed by atoms with van der Waals surface area (Å²) in [7, 11) is 1.26. The average molecular weight is 195 g/mol. The topological polar surface area (TPSA) is 79.2 Å². The Morgan fingerprint density at radius 1 is 1.38 bits per heavy atom. The van der Waals surface area contributed by atoms with Crippen LogP contribution in [0.15, 0.2) is 0 Å². The summed E-state index contributed by atoms with van der Waals surface area (Å²) in [5, 5.41) is 27.0. The van der Waals surface area contributed by atoms with Crippen molar-refractivity contribution in [1.29, 1.82) is 0 Å². The first-order valence-electron chi connectivity index (χ1n) is 3.91. The minimum atomic E-state index is -1.80. The highest BCUT2D eigenvalue weighted by atomic mass is 18.2. The van der Waals surface area contributed by atoms with Gasteiger partial charge in [-0.15, -0.1) is 0 Å². The monoisotopic (exact) mass is 195 g/mol. The van der Waals surface area contributed by atoms with Crippen LogP contribution < -0.4 is 0 Å². The minimum absolute atomic E-state index is 0.565. The summed E-state index contributed by atoms with van der Waals surface area (Å²) in [5.74, 6) is 0. The van der Waals surface area contributed by atoms with Crippen molar-refractivity contribution in [3.63, 3.8) is 0 Å². The number of halogens is 1. The normalized spacial score (nSPS) is 46.4. The second-order valence-electron chi connectivity index (χ2n) is 2.89. The molecule has 1 rings (SSSR count). The van der Waals surface area contributed by atoms with Crippen molar-refractivity contribution in [2.24, 2.45) is 0 Å². The molecule has 0 aromatic carbocycles. The number of methoxy groups -OCH3 is 1. The summed E-state index contributed by atoms with van der Waals surface area (Å²) in [4.78, 5) is 0. The molecule has 0 spiro atoms. The lowest BCUT2D eigenvalue weighted by atomic mass is 10.0. The molecule has 5 nitrogen and oxygen atoms in total. The van der Waals surface area contributed by atoms with Crippen LogP contribution in [0.5, 0.6) is 0 Å². The van der Waals surface area contributed by atoms with Gasteiger partial charge in [-0.3, -0.25) is 0 Å². The van der Waals surface area contributed by atoms with Gasteiger partial charge in [0.2, 0.25) is 0 Å². The van der Waals surface area contributed by atoms with Crippen LogP contribution in [-0.2, 0) is 9.47 Å². The smallest absolute Gasteiger partial charge is 0.186 e. The van der Waals surface area contributed by atoms with Crippen molar-refractivity contribution in [3.8, 4) is 0 Å². The predicted octanol–water partition coefficient (Wildman–Crippen LogP) is -1.59. The Bertz CT molecular complexity index is 147. The molecule has 0 saturated carbocycles. The van der Waals surface area contributed by atoms with Gasteiger partial charge in [-0.05, 0) is 0 Å². The molecular weight excluding hydrogens is 182 g/mol. The van der Waals surface area contributed by atoms with Crippen LogP contribution in [0.1, 0.15) is 0 Å². The quantitative estimate of drug-likeness (QED) is 0.495. The van der Waals surface area contributed by atoms with Gasteiger partial charge in [0.05, 0.1) is 6.61 Å². The lowest BCUT2D eigenvalue weighted by molar-refractivity contribution is -0.283. The predicted molar refractivity (Wildman–Crippen MR) is 39.7 cm³/mol. The molecule has 1 heterocycles. The molecule has 0 radical (unpaired) electrons. The zero-order valence-corrected chi connectivity index (χ0v) is 7.13. The fraction of sp³-hybridized carbons (Fsp3) is 1.00. The number of hydrogen-bond acceptors (Lipinski definition) is 5. The Morgan fingerprint density at radius 3 is 2.46 bits per heavy atom. The lowest BCUT2D eigenvalue weighted by Crippen LogP contribution is -2.57. The van der Waals surface area contributed by atoms with Crippen molar-refractivity contribution in [3.05, 3.63) is 0 Å². The third-order valence-electron chi connectivity index (χ3n) is 2.03. The first kappa shape index (κ1) is 10.8. The largest absolute Gasteiger partial charge is 0.394 e. The zero-order valence-electron chi connectivity index (χ0n) is 7.13. The van der Waals surface area contributed by atoms with E-state index in [1.165, 1.54) is 7.11 Å². The van der Waals surface area contributed by atoms with E-state index in [0.717, 1.165) is 0 Å². The van der Waals surface area contributed by atoms with E-state index < -0.39 is 37.4 Å². The number of rotatable bonds is 2. The van der Waals surface area contributed by atoms with E-state index in [2.05, 4.69) is 4.74 Å². The molecule has 0 aliphatic carbocycles. The summed E-state index contributed by atoms with van der Waals surface area (Å²) in [6.45, 7) is -0.565. The second kappa shape index (κ2) is 4.30. The molecule has 13 heavy (non-hydrogen) atoms. The molecular formula is C7H13FO5. The molecule has 0 bridgehead atoms. The zero-order chi connectivity index (χ0) is 10.0. The minimum Gasteiger partial charge on any atom is -0.394 e. The van der Waals surface area contributed by atoms with E-state index in [-0.39, 0.29) is 0 Å². The van der Waals surface area contributed by atoms with Crippen LogP contribution >= 0.6 is 0 Å². The number of ether oxygens (including phenoxy) is 2. The average Bonchev–Trinajstić information content (AvgIpc) is 2.15.